The minimum Gasteiger partial charge on any atom is -0.465 e. The van der Waals surface area contributed by atoms with E-state index in [2.05, 4.69) is 19.8 Å². The maximum atomic E-state index is 12.5. The zero-order valence-electron chi connectivity index (χ0n) is 14.3. The molecule has 0 saturated carbocycles. The lowest BCUT2D eigenvalue weighted by atomic mass is 10.0. The van der Waals surface area contributed by atoms with Crippen molar-refractivity contribution >= 4 is 42.6 Å². The summed E-state index contributed by atoms with van der Waals surface area (Å²) >= 11 is 0. The van der Waals surface area contributed by atoms with Crippen molar-refractivity contribution in [3.05, 3.63) is 18.5 Å². The minimum atomic E-state index is -0.147. The summed E-state index contributed by atoms with van der Waals surface area (Å²) < 4.78 is 5.05. The van der Waals surface area contributed by atoms with E-state index in [0.29, 0.717) is 26.2 Å². The highest BCUT2D eigenvalue weighted by molar-refractivity contribution is 5.85. The van der Waals surface area contributed by atoms with Crippen LogP contribution in [0.2, 0.25) is 0 Å². The third kappa shape index (κ3) is 4.19. The Kier molecular flexibility index (Phi) is 7.02. The lowest BCUT2D eigenvalue weighted by Gasteiger charge is -2.34. The average Bonchev–Trinajstić information content (AvgIpc) is 3.19. The number of piperazine rings is 1. The Bertz CT molecular complexity index is 628. The van der Waals surface area contributed by atoms with Crippen molar-refractivity contribution in [2.45, 2.75) is 0 Å². The zero-order chi connectivity index (χ0) is 16.5. The smallest absolute Gasteiger partial charge is 0.311 e. The van der Waals surface area contributed by atoms with E-state index < -0.39 is 0 Å². The SMILES string of the molecule is Cl.Cl.O=C1OC[C@H]2CN(C(=O)CN3CCN(c4ncccn4)CC3)C[C@@H]12. The monoisotopic (exact) mass is 403 g/mol. The molecule has 2 atom stereocenters. The molecule has 1 aromatic rings. The van der Waals surface area contributed by atoms with Crippen LogP contribution in [-0.2, 0) is 14.3 Å². The number of amides is 1. The number of ether oxygens (including phenoxy) is 1. The molecule has 26 heavy (non-hydrogen) atoms. The molecule has 1 aromatic heterocycles. The van der Waals surface area contributed by atoms with E-state index in [4.69, 9.17) is 4.74 Å². The van der Waals surface area contributed by atoms with Crippen LogP contribution in [0.15, 0.2) is 18.5 Å². The molecule has 0 bridgehead atoms. The molecule has 0 spiro atoms. The molecule has 4 heterocycles. The molecule has 0 N–H and O–H groups in total. The van der Waals surface area contributed by atoms with E-state index in [1.807, 2.05) is 4.90 Å². The number of halogens is 2. The Labute approximate surface area is 164 Å². The van der Waals surface area contributed by atoms with Gasteiger partial charge in [-0.2, -0.15) is 0 Å². The van der Waals surface area contributed by atoms with Crippen LogP contribution in [-0.4, -0.2) is 84.1 Å². The molecule has 3 aliphatic rings. The fourth-order valence-electron chi connectivity index (χ4n) is 3.66. The van der Waals surface area contributed by atoms with Gasteiger partial charge in [-0.25, -0.2) is 9.97 Å². The Morgan fingerprint density at radius 1 is 1.12 bits per heavy atom. The van der Waals surface area contributed by atoms with Crippen molar-refractivity contribution in [2.24, 2.45) is 11.8 Å². The largest absolute Gasteiger partial charge is 0.465 e. The summed E-state index contributed by atoms with van der Waals surface area (Å²) in [5, 5.41) is 0. The normalized spacial score (nSPS) is 25.2. The molecule has 1 amide bonds. The number of hydrogen-bond acceptors (Lipinski definition) is 7. The molecule has 0 radical (unpaired) electrons. The van der Waals surface area contributed by atoms with Gasteiger partial charge in [0, 0.05) is 57.6 Å². The van der Waals surface area contributed by atoms with Gasteiger partial charge in [0.15, 0.2) is 0 Å². The predicted molar refractivity (Wildman–Crippen MR) is 99.7 cm³/mol. The van der Waals surface area contributed by atoms with Crippen LogP contribution in [0, 0.1) is 11.8 Å². The van der Waals surface area contributed by atoms with Crippen LogP contribution in [0.25, 0.3) is 0 Å². The van der Waals surface area contributed by atoms with Crippen molar-refractivity contribution in [2.75, 3.05) is 57.3 Å². The number of hydrogen-bond donors (Lipinski definition) is 0. The number of likely N-dealkylation sites (tertiary alicyclic amines) is 1. The first kappa shape index (κ1) is 20.7. The van der Waals surface area contributed by atoms with E-state index >= 15 is 0 Å². The number of anilines is 1. The van der Waals surface area contributed by atoms with Crippen molar-refractivity contribution in [1.29, 1.82) is 0 Å². The average molecular weight is 404 g/mol. The number of fused-ring (bicyclic) bond motifs is 1. The van der Waals surface area contributed by atoms with Gasteiger partial charge in [-0.15, -0.1) is 24.8 Å². The number of rotatable bonds is 3. The number of carbonyl (C=O) groups is 2. The van der Waals surface area contributed by atoms with Gasteiger partial charge in [-0.05, 0) is 6.07 Å². The van der Waals surface area contributed by atoms with Crippen LogP contribution in [0.5, 0.6) is 0 Å². The molecule has 10 heteroatoms. The lowest BCUT2D eigenvalue weighted by molar-refractivity contribution is -0.142. The Morgan fingerprint density at radius 3 is 2.46 bits per heavy atom. The number of esters is 1. The number of carbonyl (C=O) groups excluding carboxylic acids is 2. The highest BCUT2D eigenvalue weighted by Gasteiger charge is 2.45. The standard InChI is InChI=1S/C16H21N5O3.2ClH/c22-14(21-8-12-11-24-15(23)13(12)9-21)10-19-4-6-20(7-5-19)16-17-2-1-3-18-16;;/h1-3,12-13H,4-11H2;2*1H/t12-,13-;;/m1../s1. The summed E-state index contributed by atoms with van der Waals surface area (Å²) in [6.07, 6.45) is 3.49. The second kappa shape index (κ2) is 8.83. The van der Waals surface area contributed by atoms with Gasteiger partial charge in [-0.3, -0.25) is 14.5 Å². The highest BCUT2D eigenvalue weighted by atomic mass is 35.5. The zero-order valence-corrected chi connectivity index (χ0v) is 16.0. The van der Waals surface area contributed by atoms with E-state index in [9.17, 15) is 9.59 Å². The van der Waals surface area contributed by atoms with Gasteiger partial charge < -0.3 is 14.5 Å². The van der Waals surface area contributed by atoms with E-state index in [1.54, 1.807) is 18.5 Å². The van der Waals surface area contributed by atoms with Gasteiger partial charge in [0.05, 0.1) is 19.1 Å². The van der Waals surface area contributed by atoms with Crippen molar-refractivity contribution < 1.29 is 14.3 Å². The predicted octanol–water partition coefficient (Wildman–Crippen LogP) is 0.0736. The first-order valence-corrected chi connectivity index (χ1v) is 8.39. The van der Waals surface area contributed by atoms with Gasteiger partial charge >= 0.3 is 5.97 Å². The van der Waals surface area contributed by atoms with Gasteiger partial charge in [0.1, 0.15) is 0 Å². The first-order chi connectivity index (χ1) is 11.7. The third-order valence-corrected chi connectivity index (χ3v) is 5.10. The maximum absolute atomic E-state index is 12.5. The van der Waals surface area contributed by atoms with Crippen molar-refractivity contribution in [3.8, 4) is 0 Å². The van der Waals surface area contributed by atoms with Gasteiger partial charge in [0.2, 0.25) is 11.9 Å². The molecule has 3 fully saturated rings. The maximum Gasteiger partial charge on any atom is 0.311 e. The molecule has 3 saturated heterocycles. The summed E-state index contributed by atoms with van der Waals surface area (Å²) in [6.45, 7) is 5.29. The molecule has 0 unspecified atom stereocenters. The summed E-state index contributed by atoms with van der Waals surface area (Å²) in [4.78, 5) is 38.7. The first-order valence-electron chi connectivity index (χ1n) is 8.39. The van der Waals surface area contributed by atoms with Crippen LogP contribution >= 0.6 is 24.8 Å². The molecule has 0 aromatic carbocycles. The van der Waals surface area contributed by atoms with E-state index in [0.717, 1.165) is 32.1 Å². The van der Waals surface area contributed by atoms with E-state index in [1.165, 1.54) is 0 Å². The summed E-state index contributed by atoms with van der Waals surface area (Å²) in [5.41, 5.74) is 0. The Morgan fingerprint density at radius 2 is 1.81 bits per heavy atom. The van der Waals surface area contributed by atoms with Gasteiger partial charge in [-0.1, -0.05) is 0 Å². The van der Waals surface area contributed by atoms with Crippen molar-refractivity contribution in [3.63, 3.8) is 0 Å². The van der Waals surface area contributed by atoms with Gasteiger partial charge in [0.25, 0.3) is 0 Å². The second-order valence-electron chi connectivity index (χ2n) is 6.61. The summed E-state index contributed by atoms with van der Waals surface area (Å²) in [5.74, 6) is 0.789. The quantitative estimate of drug-likeness (QED) is 0.660. The fraction of sp³-hybridized carbons (Fsp3) is 0.625. The Balaban J connectivity index is 0.00000121. The molecular weight excluding hydrogens is 381 g/mol. The number of cyclic esters (lactones) is 1. The summed E-state index contributed by atoms with van der Waals surface area (Å²) in [6, 6.07) is 1.81. The van der Waals surface area contributed by atoms with Crippen molar-refractivity contribution in [1.82, 2.24) is 19.8 Å². The molecule has 4 rings (SSSR count). The second-order valence-corrected chi connectivity index (χ2v) is 6.61. The topological polar surface area (TPSA) is 78.9 Å². The number of aromatic nitrogens is 2. The number of nitrogens with zero attached hydrogens (tertiary/aromatic N) is 5. The highest BCUT2D eigenvalue weighted by Crippen LogP contribution is 2.30. The molecule has 0 aliphatic carbocycles. The minimum absolute atomic E-state index is 0. The fourth-order valence-corrected chi connectivity index (χ4v) is 3.66. The van der Waals surface area contributed by atoms with Crippen LogP contribution < -0.4 is 4.90 Å². The van der Waals surface area contributed by atoms with Crippen LogP contribution in [0.3, 0.4) is 0 Å². The van der Waals surface area contributed by atoms with E-state index in [-0.39, 0.29) is 48.5 Å². The molecule has 8 nitrogen and oxygen atoms in total. The van der Waals surface area contributed by atoms with Crippen LogP contribution in [0.1, 0.15) is 0 Å². The Hall–Kier alpha value is -1.64. The van der Waals surface area contributed by atoms with Crippen LogP contribution in [0.4, 0.5) is 5.95 Å². The molecular formula is C16H23Cl2N5O3. The third-order valence-electron chi connectivity index (χ3n) is 5.10. The lowest BCUT2D eigenvalue weighted by Crippen LogP contribution is -2.50. The molecule has 144 valence electrons. The summed E-state index contributed by atoms with van der Waals surface area (Å²) in [7, 11) is 0. The molecule has 3 aliphatic heterocycles.